The molecule has 0 aromatic heterocycles. The topological polar surface area (TPSA) is 154 Å². The van der Waals surface area contributed by atoms with Crippen molar-refractivity contribution in [2.45, 2.75) is 37.6 Å². The van der Waals surface area contributed by atoms with Crippen molar-refractivity contribution in [1.82, 2.24) is 0 Å². The highest BCUT2D eigenvalue weighted by molar-refractivity contribution is 6.30. The molecule has 0 bridgehead atoms. The summed E-state index contributed by atoms with van der Waals surface area (Å²) in [5.74, 6) is -1.56. The Hall–Kier alpha value is -2.82. The predicted octanol–water partition coefficient (Wildman–Crippen LogP) is -0.345. The van der Waals surface area contributed by atoms with E-state index < -0.39 is 48.9 Å². The molecule has 4 rings (SSSR count). The van der Waals surface area contributed by atoms with Crippen molar-refractivity contribution in [2.24, 2.45) is 0 Å². The van der Waals surface area contributed by atoms with Gasteiger partial charge in [-0.3, -0.25) is 9.59 Å². The van der Waals surface area contributed by atoms with Gasteiger partial charge in [0, 0.05) is 11.1 Å². The first-order valence-electron chi connectivity index (χ1n) is 9.27. The predicted molar refractivity (Wildman–Crippen MR) is 101 cm³/mol. The second-order valence-electron chi connectivity index (χ2n) is 7.36. The number of aliphatic hydroxyl groups is 4. The van der Waals surface area contributed by atoms with Crippen LogP contribution in [0.1, 0.15) is 37.4 Å². The number of rotatable bonds is 3. The second kappa shape index (κ2) is 7.46. The van der Waals surface area contributed by atoms with E-state index in [1.807, 2.05) is 0 Å². The number of fused-ring (bicyclic) bond motifs is 2. The minimum Gasteiger partial charge on any atom is -0.507 e. The zero-order valence-corrected chi connectivity index (χ0v) is 15.8. The van der Waals surface area contributed by atoms with Crippen LogP contribution in [0.25, 0.3) is 0 Å². The zero-order chi connectivity index (χ0) is 21.7. The Morgan fingerprint density at radius 1 is 0.967 bits per heavy atom. The normalized spacial score (nSPS) is 28.1. The number of aliphatic hydroxyl groups excluding tert-OH is 4. The average Bonchev–Trinajstić information content (AvgIpc) is 2.71. The lowest BCUT2D eigenvalue weighted by Crippen LogP contribution is -2.60. The van der Waals surface area contributed by atoms with Crippen molar-refractivity contribution >= 4 is 11.6 Å². The minimum absolute atomic E-state index is 0.0666. The summed E-state index contributed by atoms with van der Waals surface area (Å²) in [6.07, 6.45) is -7.64. The van der Waals surface area contributed by atoms with E-state index in [0.717, 1.165) is 0 Å². The van der Waals surface area contributed by atoms with Crippen LogP contribution in [0.15, 0.2) is 30.3 Å². The van der Waals surface area contributed by atoms with Gasteiger partial charge in [0.2, 0.25) is 12.1 Å². The number of aryl methyl sites for hydroxylation is 1. The summed E-state index contributed by atoms with van der Waals surface area (Å²) in [5.41, 5.74) is 0.446. The number of ether oxygens (including phenoxy) is 2. The van der Waals surface area contributed by atoms with Gasteiger partial charge in [0.1, 0.15) is 35.9 Å². The molecule has 0 amide bonds. The maximum absolute atomic E-state index is 13.1. The lowest BCUT2D eigenvalue weighted by molar-refractivity contribution is -0.277. The summed E-state index contributed by atoms with van der Waals surface area (Å²) in [6, 6.07) is 7.17. The van der Waals surface area contributed by atoms with Gasteiger partial charge in [-0.25, -0.2) is 0 Å². The van der Waals surface area contributed by atoms with E-state index in [4.69, 9.17) is 9.47 Å². The highest BCUT2D eigenvalue weighted by Gasteiger charge is 2.45. The second-order valence-corrected chi connectivity index (χ2v) is 7.36. The first kappa shape index (κ1) is 20.5. The van der Waals surface area contributed by atoms with Crippen molar-refractivity contribution in [3.8, 4) is 11.5 Å². The molecule has 0 radical (unpaired) electrons. The van der Waals surface area contributed by atoms with Crippen LogP contribution in [0.5, 0.6) is 11.5 Å². The van der Waals surface area contributed by atoms with Crippen LogP contribution >= 0.6 is 0 Å². The molecular weight excluding hydrogens is 396 g/mol. The molecule has 158 valence electrons. The third-order valence-electron chi connectivity index (χ3n) is 5.32. The van der Waals surface area contributed by atoms with Crippen LogP contribution < -0.4 is 4.74 Å². The Labute approximate surface area is 170 Å². The Bertz CT molecular complexity index is 1030. The molecule has 9 nitrogen and oxygen atoms in total. The van der Waals surface area contributed by atoms with Crippen LogP contribution in [-0.4, -0.2) is 74.4 Å². The van der Waals surface area contributed by atoms with Crippen LogP contribution in [0.2, 0.25) is 0 Å². The van der Waals surface area contributed by atoms with Crippen molar-refractivity contribution in [3.63, 3.8) is 0 Å². The maximum atomic E-state index is 13.1. The lowest BCUT2D eigenvalue weighted by atomic mass is 9.82. The van der Waals surface area contributed by atoms with Gasteiger partial charge in [0.25, 0.3) is 0 Å². The van der Waals surface area contributed by atoms with Gasteiger partial charge >= 0.3 is 0 Å². The van der Waals surface area contributed by atoms with E-state index in [9.17, 15) is 35.1 Å². The molecule has 1 saturated heterocycles. The van der Waals surface area contributed by atoms with Crippen molar-refractivity contribution < 1.29 is 44.6 Å². The molecule has 2 aromatic carbocycles. The number of carbonyl (C=O) groups excluding carboxylic acids is 2. The van der Waals surface area contributed by atoms with Crippen LogP contribution in [0, 0.1) is 6.92 Å². The monoisotopic (exact) mass is 416 g/mol. The van der Waals surface area contributed by atoms with Crippen LogP contribution in [0.3, 0.4) is 0 Å². The Kier molecular flexibility index (Phi) is 5.08. The SMILES string of the molecule is Cc1cc(O[C@@H]2O[C@H](CO)[C@@H](O)[C@H](O)[C@H]2O)c2c(c1)C(=O)c1cccc(O)c1C2=O. The standard InChI is InChI=1S/C21H20O9/c1-8-5-10-15(18(26)14-9(16(10)24)3-2-4-11(14)23)12(6-8)29-21-20(28)19(27)17(25)13(7-22)30-21/h2-6,13,17,19-23,25,27-28H,7H2,1H3/t13-,17-,19+,20-,21-/m1/s1. The highest BCUT2D eigenvalue weighted by atomic mass is 16.7. The quantitative estimate of drug-likeness (QED) is 0.386. The summed E-state index contributed by atoms with van der Waals surface area (Å²) < 4.78 is 11.0. The van der Waals surface area contributed by atoms with Crippen LogP contribution in [-0.2, 0) is 4.74 Å². The molecule has 2 aliphatic rings. The lowest BCUT2D eigenvalue weighted by Gasteiger charge is -2.39. The third kappa shape index (κ3) is 3.08. The van der Waals surface area contributed by atoms with E-state index in [2.05, 4.69) is 0 Å². The van der Waals surface area contributed by atoms with E-state index >= 15 is 0 Å². The molecule has 1 aliphatic carbocycles. The number of ketones is 2. The summed E-state index contributed by atoms with van der Waals surface area (Å²) >= 11 is 0. The third-order valence-corrected chi connectivity index (χ3v) is 5.32. The molecule has 2 aromatic rings. The first-order chi connectivity index (χ1) is 14.2. The molecule has 1 heterocycles. The van der Waals surface area contributed by atoms with Crippen molar-refractivity contribution in [3.05, 3.63) is 58.1 Å². The Morgan fingerprint density at radius 3 is 2.40 bits per heavy atom. The molecule has 1 fully saturated rings. The number of aromatic hydroxyl groups is 1. The smallest absolute Gasteiger partial charge is 0.229 e. The van der Waals surface area contributed by atoms with Gasteiger partial charge in [-0.15, -0.1) is 0 Å². The van der Waals surface area contributed by atoms with Gasteiger partial charge in [0.15, 0.2) is 5.78 Å². The molecule has 0 saturated carbocycles. The van der Waals surface area contributed by atoms with E-state index in [-0.39, 0.29) is 33.8 Å². The number of phenolic OH excluding ortho intramolecular Hbond substituents is 1. The average molecular weight is 416 g/mol. The maximum Gasteiger partial charge on any atom is 0.229 e. The largest absolute Gasteiger partial charge is 0.507 e. The fraction of sp³-hybridized carbons (Fsp3) is 0.333. The molecule has 5 atom stereocenters. The minimum atomic E-state index is -1.69. The summed E-state index contributed by atoms with van der Waals surface area (Å²) in [6.45, 7) is 1.03. The van der Waals surface area contributed by atoms with Crippen LogP contribution in [0.4, 0.5) is 0 Å². The molecule has 1 aliphatic heterocycles. The number of hydrogen-bond donors (Lipinski definition) is 5. The van der Waals surface area contributed by atoms with E-state index in [0.29, 0.717) is 5.56 Å². The molecule has 5 N–H and O–H groups in total. The molecule has 0 spiro atoms. The molecule has 30 heavy (non-hydrogen) atoms. The molecule has 0 unspecified atom stereocenters. The fourth-order valence-corrected chi connectivity index (χ4v) is 3.79. The fourth-order valence-electron chi connectivity index (χ4n) is 3.79. The Balaban J connectivity index is 1.78. The number of carbonyl (C=O) groups is 2. The highest BCUT2D eigenvalue weighted by Crippen LogP contribution is 2.38. The summed E-state index contributed by atoms with van der Waals surface area (Å²) in [7, 11) is 0. The van der Waals surface area contributed by atoms with Crippen molar-refractivity contribution in [1.29, 1.82) is 0 Å². The number of phenols is 1. The van der Waals surface area contributed by atoms with Gasteiger partial charge in [0.05, 0.1) is 17.7 Å². The summed E-state index contributed by atoms with van der Waals surface area (Å²) in [4.78, 5) is 26.1. The molecular formula is C21H20O9. The van der Waals surface area contributed by atoms with Gasteiger partial charge in [-0.2, -0.15) is 0 Å². The van der Waals surface area contributed by atoms with E-state index in [1.165, 1.54) is 30.3 Å². The van der Waals surface area contributed by atoms with Gasteiger partial charge in [-0.1, -0.05) is 12.1 Å². The summed E-state index contributed by atoms with van der Waals surface area (Å²) in [5, 5.41) is 49.6. The molecule has 9 heteroatoms. The van der Waals surface area contributed by atoms with Gasteiger partial charge in [-0.05, 0) is 30.7 Å². The number of benzene rings is 2. The van der Waals surface area contributed by atoms with Crippen molar-refractivity contribution in [2.75, 3.05) is 6.61 Å². The Morgan fingerprint density at radius 2 is 1.70 bits per heavy atom. The number of hydrogen-bond acceptors (Lipinski definition) is 9. The first-order valence-corrected chi connectivity index (χ1v) is 9.27. The van der Waals surface area contributed by atoms with E-state index in [1.54, 1.807) is 6.92 Å². The van der Waals surface area contributed by atoms with Gasteiger partial charge < -0.3 is 35.0 Å². The zero-order valence-electron chi connectivity index (χ0n) is 15.8.